The second-order valence-corrected chi connectivity index (χ2v) is 10.0. The molecule has 0 heterocycles. The van der Waals surface area contributed by atoms with Gasteiger partial charge in [0.1, 0.15) is 9.79 Å². The summed E-state index contributed by atoms with van der Waals surface area (Å²) >= 11 is 0. The number of amides is 1. The van der Waals surface area contributed by atoms with Gasteiger partial charge in [-0.1, -0.05) is 72.8 Å². The minimum absolute atomic E-state index is 0.0472. The summed E-state index contributed by atoms with van der Waals surface area (Å²) < 4.78 is 66.9. The normalized spacial score (nSPS) is 12.3. The lowest BCUT2D eigenvalue weighted by Gasteiger charge is -2.08. The zero-order valence-electron chi connectivity index (χ0n) is 17.9. The summed E-state index contributed by atoms with van der Waals surface area (Å²) in [5.41, 5.74) is 1.73. The van der Waals surface area contributed by atoms with Gasteiger partial charge in [-0.3, -0.25) is 13.9 Å². The zero-order chi connectivity index (χ0) is 24.9. The molecule has 0 radical (unpaired) electrons. The lowest BCUT2D eigenvalue weighted by molar-refractivity contribution is -0.114. The summed E-state index contributed by atoms with van der Waals surface area (Å²) in [6.45, 7) is 1.25. The topological polar surface area (TPSA) is 138 Å². The molecule has 0 aliphatic rings. The highest BCUT2D eigenvalue weighted by Crippen LogP contribution is 2.25. The summed E-state index contributed by atoms with van der Waals surface area (Å²) in [6.07, 6.45) is 6.06. The molecule has 0 unspecified atom stereocenters. The Morgan fingerprint density at radius 2 is 1.24 bits per heavy atom. The Kier molecular flexibility index (Phi) is 7.48. The van der Waals surface area contributed by atoms with Crippen LogP contribution in [0.25, 0.3) is 24.3 Å². The van der Waals surface area contributed by atoms with E-state index in [2.05, 4.69) is 5.32 Å². The van der Waals surface area contributed by atoms with Gasteiger partial charge in [0.2, 0.25) is 5.91 Å². The van der Waals surface area contributed by atoms with E-state index in [0.29, 0.717) is 5.56 Å². The van der Waals surface area contributed by atoms with Crippen molar-refractivity contribution in [2.24, 2.45) is 0 Å². The Balaban J connectivity index is 2.01. The van der Waals surface area contributed by atoms with Crippen LogP contribution in [0, 0.1) is 0 Å². The minimum Gasteiger partial charge on any atom is -0.326 e. The SMILES string of the molecule is CC(=O)Nc1ccc(C=Cc2ccc(C=Cc3ccccc3)cc2S(=O)(=O)O)c(S(=O)(=O)O)c1. The Morgan fingerprint density at radius 3 is 1.79 bits per heavy atom. The van der Waals surface area contributed by atoms with Gasteiger partial charge in [0.15, 0.2) is 0 Å². The summed E-state index contributed by atoms with van der Waals surface area (Å²) in [7, 11) is -9.26. The fourth-order valence-corrected chi connectivity index (χ4v) is 4.56. The maximum Gasteiger partial charge on any atom is 0.295 e. The quantitative estimate of drug-likeness (QED) is 0.322. The molecule has 0 aromatic heterocycles. The van der Waals surface area contributed by atoms with Gasteiger partial charge in [0.25, 0.3) is 20.2 Å². The molecule has 10 heteroatoms. The van der Waals surface area contributed by atoms with E-state index in [-0.39, 0.29) is 21.7 Å². The summed E-state index contributed by atoms with van der Waals surface area (Å²) in [6, 6.07) is 17.6. The molecule has 0 saturated heterocycles. The Labute approximate surface area is 197 Å². The second-order valence-electron chi connectivity index (χ2n) is 7.26. The molecule has 3 aromatic rings. The molecule has 176 valence electrons. The fraction of sp³-hybridized carbons (Fsp3) is 0.0417. The Hall–Kier alpha value is -3.57. The van der Waals surface area contributed by atoms with E-state index >= 15 is 0 Å². The van der Waals surface area contributed by atoms with Crippen molar-refractivity contribution in [3.05, 3.63) is 89.0 Å². The van der Waals surface area contributed by atoms with E-state index in [1.54, 1.807) is 18.2 Å². The third-order valence-electron chi connectivity index (χ3n) is 4.64. The number of benzene rings is 3. The van der Waals surface area contributed by atoms with Crippen LogP contribution in [-0.2, 0) is 25.0 Å². The van der Waals surface area contributed by atoms with Crippen molar-refractivity contribution in [3.8, 4) is 0 Å². The van der Waals surface area contributed by atoms with Crippen LogP contribution in [0.1, 0.15) is 29.2 Å². The monoisotopic (exact) mass is 499 g/mol. The predicted octanol–water partition coefficient (Wildman–Crippen LogP) is 4.48. The molecule has 3 aromatic carbocycles. The van der Waals surface area contributed by atoms with Gasteiger partial charge in [-0.05, 0) is 40.5 Å². The molecule has 1 amide bonds. The van der Waals surface area contributed by atoms with E-state index in [9.17, 15) is 30.7 Å². The zero-order valence-corrected chi connectivity index (χ0v) is 19.5. The molecular formula is C24H21NO7S2. The average molecular weight is 500 g/mol. The molecule has 0 saturated carbocycles. The third-order valence-corrected chi connectivity index (χ3v) is 6.46. The molecule has 34 heavy (non-hydrogen) atoms. The van der Waals surface area contributed by atoms with Crippen molar-refractivity contribution in [2.45, 2.75) is 16.7 Å². The highest BCUT2D eigenvalue weighted by atomic mass is 32.2. The number of carbonyl (C=O) groups is 1. The van der Waals surface area contributed by atoms with Gasteiger partial charge >= 0.3 is 0 Å². The van der Waals surface area contributed by atoms with Crippen molar-refractivity contribution >= 4 is 56.1 Å². The molecule has 0 spiro atoms. The Morgan fingerprint density at radius 1 is 0.706 bits per heavy atom. The van der Waals surface area contributed by atoms with Gasteiger partial charge in [0.05, 0.1) is 0 Å². The first-order valence-electron chi connectivity index (χ1n) is 9.85. The number of hydrogen-bond donors (Lipinski definition) is 3. The maximum atomic E-state index is 12.0. The molecule has 0 aliphatic heterocycles. The van der Waals surface area contributed by atoms with Crippen LogP contribution in [0.5, 0.6) is 0 Å². The molecule has 3 rings (SSSR count). The minimum atomic E-state index is -4.65. The van der Waals surface area contributed by atoms with Crippen molar-refractivity contribution in [3.63, 3.8) is 0 Å². The molecule has 0 aliphatic carbocycles. The van der Waals surface area contributed by atoms with Crippen molar-refractivity contribution < 1.29 is 30.7 Å². The molecule has 0 bridgehead atoms. The van der Waals surface area contributed by atoms with Gasteiger partial charge < -0.3 is 5.32 Å². The second kappa shape index (κ2) is 10.1. The number of rotatable bonds is 7. The van der Waals surface area contributed by atoms with Gasteiger partial charge in [-0.15, -0.1) is 0 Å². The highest BCUT2D eigenvalue weighted by molar-refractivity contribution is 7.86. The van der Waals surface area contributed by atoms with E-state index in [4.69, 9.17) is 0 Å². The maximum absolute atomic E-state index is 12.0. The van der Waals surface area contributed by atoms with Gasteiger partial charge in [-0.2, -0.15) is 16.8 Å². The Bertz CT molecular complexity index is 1490. The van der Waals surface area contributed by atoms with E-state index in [1.807, 2.05) is 30.3 Å². The molecule has 3 N–H and O–H groups in total. The van der Waals surface area contributed by atoms with Crippen LogP contribution >= 0.6 is 0 Å². The standard InChI is InChI=1S/C24H21NO7S2/c1-17(26)25-22-14-13-21(24(16-22)34(30,31)32)12-11-20-10-9-19(15-23(20)33(27,28)29)8-7-18-5-3-2-4-6-18/h2-16H,1H3,(H,25,26)(H,27,28,29)(H,30,31,32). The van der Waals surface area contributed by atoms with Gasteiger partial charge in [0, 0.05) is 12.6 Å². The lowest BCUT2D eigenvalue weighted by Crippen LogP contribution is -2.08. The van der Waals surface area contributed by atoms with E-state index in [1.165, 1.54) is 43.3 Å². The number of carbonyl (C=O) groups excluding carboxylic acids is 1. The average Bonchev–Trinajstić information content (AvgIpc) is 2.76. The van der Waals surface area contributed by atoms with E-state index in [0.717, 1.165) is 11.6 Å². The molecule has 0 atom stereocenters. The van der Waals surface area contributed by atoms with Crippen LogP contribution in [0.3, 0.4) is 0 Å². The summed E-state index contributed by atoms with van der Waals surface area (Å²) in [5.74, 6) is -0.427. The van der Waals surface area contributed by atoms with Crippen LogP contribution in [0.15, 0.2) is 76.5 Å². The van der Waals surface area contributed by atoms with Crippen LogP contribution in [0.2, 0.25) is 0 Å². The number of anilines is 1. The summed E-state index contributed by atoms with van der Waals surface area (Å²) in [4.78, 5) is 10.4. The summed E-state index contributed by atoms with van der Waals surface area (Å²) in [5, 5.41) is 2.42. The first kappa shape index (κ1) is 25.1. The molecular weight excluding hydrogens is 478 g/mol. The molecule has 0 fully saturated rings. The fourth-order valence-electron chi connectivity index (χ4n) is 3.13. The smallest absolute Gasteiger partial charge is 0.295 e. The van der Waals surface area contributed by atoms with E-state index < -0.39 is 31.0 Å². The number of nitrogens with one attached hydrogen (secondary N) is 1. The van der Waals surface area contributed by atoms with Gasteiger partial charge in [-0.25, -0.2) is 0 Å². The highest BCUT2D eigenvalue weighted by Gasteiger charge is 2.17. The first-order chi connectivity index (χ1) is 15.9. The van der Waals surface area contributed by atoms with Crippen molar-refractivity contribution in [1.29, 1.82) is 0 Å². The third kappa shape index (κ3) is 6.72. The van der Waals surface area contributed by atoms with Crippen LogP contribution < -0.4 is 5.32 Å². The predicted molar refractivity (Wildman–Crippen MR) is 131 cm³/mol. The van der Waals surface area contributed by atoms with Crippen LogP contribution in [0.4, 0.5) is 5.69 Å². The lowest BCUT2D eigenvalue weighted by atomic mass is 10.1. The molecule has 8 nitrogen and oxygen atoms in total. The van der Waals surface area contributed by atoms with Crippen LogP contribution in [-0.4, -0.2) is 31.8 Å². The first-order valence-corrected chi connectivity index (χ1v) is 12.7. The number of hydrogen-bond acceptors (Lipinski definition) is 5. The largest absolute Gasteiger partial charge is 0.326 e. The van der Waals surface area contributed by atoms with Crippen molar-refractivity contribution in [1.82, 2.24) is 0 Å². The van der Waals surface area contributed by atoms with Crippen molar-refractivity contribution in [2.75, 3.05) is 5.32 Å².